The van der Waals surface area contributed by atoms with E-state index in [1.54, 1.807) is 6.92 Å². The monoisotopic (exact) mass is 200 g/mol. The topological polar surface area (TPSA) is 77.5 Å². The van der Waals surface area contributed by atoms with Gasteiger partial charge >= 0.3 is 0 Å². The quantitative estimate of drug-likeness (QED) is 0.517. The molecule has 11 heavy (non-hydrogen) atoms. The summed E-state index contributed by atoms with van der Waals surface area (Å²) >= 11 is 0. The van der Waals surface area contributed by atoms with Crippen molar-refractivity contribution in [2.24, 2.45) is 5.92 Å². The summed E-state index contributed by atoms with van der Waals surface area (Å²) in [5.74, 6) is -0.808. The Morgan fingerprint density at radius 3 is 1.73 bits per heavy atom. The maximum Gasteiger partial charge on any atom is 0.282 e. The first-order chi connectivity index (χ1) is 4.81. The predicted octanol–water partition coefficient (Wildman–Crippen LogP) is -0.688. The zero-order valence-electron chi connectivity index (χ0n) is 5.85. The van der Waals surface area contributed by atoms with Crippen LogP contribution in [0.25, 0.3) is 0 Å². The number of rotatable bonds is 0. The maximum absolute atomic E-state index is 10.7. The van der Waals surface area contributed by atoms with Gasteiger partial charge in [-0.2, -0.15) is 16.8 Å². The molecule has 0 unspecified atom stereocenters. The van der Waals surface area contributed by atoms with E-state index in [0.29, 0.717) is 0 Å². The number of hydrogen-bond donors (Lipinski definition) is 0. The Balaban J connectivity index is 3.02. The van der Waals surface area contributed by atoms with Gasteiger partial charge in [-0.25, -0.2) is 0 Å². The smallest absolute Gasteiger partial charge is 0.198 e. The van der Waals surface area contributed by atoms with Crippen LogP contribution in [0.15, 0.2) is 0 Å². The van der Waals surface area contributed by atoms with Gasteiger partial charge in [0.1, 0.15) is 0 Å². The molecule has 0 amide bonds. The average molecular weight is 200 g/mol. The summed E-state index contributed by atoms with van der Waals surface area (Å²) < 4.78 is 46.6. The highest BCUT2D eigenvalue weighted by Gasteiger charge is 2.33. The molecule has 0 spiro atoms. The molecule has 0 aromatic rings. The Bertz CT molecular complexity index is 303. The third-order valence-corrected chi connectivity index (χ3v) is 4.80. The average Bonchev–Trinajstić information content (AvgIpc) is 1.49. The molecule has 1 heterocycles. The predicted molar refractivity (Wildman–Crippen MR) is 37.8 cm³/mol. The molecule has 66 valence electrons. The summed E-state index contributed by atoms with van der Waals surface area (Å²) in [7, 11) is -7.66. The molecule has 0 aromatic carbocycles. The van der Waals surface area contributed by atoms with Crippen molar-refractivity contribution < 1.29 is 20.5 Å². The molecule has 1 saturated heterocycles. The third kappa shape index (κ3) is 2.42. The lowest BCUT2D eigenvalue weighted by Gasteiger charge is -2.16. The van der Waals surface area contributed by atoms with Gasteiger partial charge in [-0.05, 0) is 5.92 Å². The van der Waals surface area contributed by atoms with Crippen LogP contribution in [-0.4, -0.2) is 28.3 Å². The van der Waals surface area contributed by atoms with Gasteiger partial charge in [-0.15, -0.1) is 3.63 Å². The molecule has 0 N–H and O–H groups in total. The molecule has 1 fully saturated rings. The van der Waals surface area contributed by atoms with Gasteiger partial charge in [0, 0.05) is 0 Å². The Morgan fingerprint density at radius 1 is 1.09 bits per heavy atom. The highest BCUT2D eigenvalue weighted by atomic mass is 32.3. The van der Waals surface area contributed by atoms with Gasteiger partial charge in [0.25, 0.3) is 20.2 Å². The molecule has 0 atom stereocenters. The maximum atomic E-state index is 10.7. The highest BCUT2D eigenvalue weighted by Crippen LogP contribution is 2.16. The molecular formula is C4H8O5S2. The van der Waals surface area contributed by atoms with Crippen LogP contribution in [-0.2, 0) is 23.9 Å². The minimum Gasteiger partial charge on any atom is -0.198 e. The molecule has 5 nitrogen and oxygen atoms in total. The van der Waals surface area contributed by atoms with E-state index in [9.17, 15) is 16.8 Å². The second-order valence-electron chi connectivity index (χ2n) is 2.62. The largest absolute Gasteiger partial charge is 0.282 e. The molecule has 0 saturated carbocycles. The van der Waals surface area contributed by atoms with Gasteiger partial charge in [0.05, 0.1) is 11.5 Å². The van der Waals surface area contributed by atoms with Crippen molar-refractivity contribution in [2.75, 3.05) is 11.5 Å². The molecular weight excluding hydrogens is 192 g/mol. The van der Waals surface area contributed by atoms with Crippen LogP contribution in [0.4, 0.5) is 0 Å². The first-order valence-corrected chi connectivity index (χ1v) is 6.13. The normalized spacial score (nSPS) is 29.9. The Hall–Kier alpha value is -0.140. The van der Waals surface area contributed by atoms with E-state index in [1.165, 1.54) is 0 Å². The van der Waals surface area contributed by atoms with Crippen LogP contribution in [0, 0.1) is 5.92 Å². The van der Waals surface area contributed by atoms with Crippen LogP contribution >= 0.6 is 0 Å². The van der Waals surface area contributed by atoms with Crippen molar-refractivity contribution in [3.8, 4) is 0 Å². The van der Waals surface area contributed by atoms with E-state index in [4.69, 9.17) is 0 Å². The van der Waals surface area contributed by atoms with Crippen LogP contribution in [0.3, 0.4) is 0 Å². The van der Waals surface area contributed by atoms with Gasteiger partial charge in [0.2, 0.25) is 0 Å². The van der Waals surface area contributed by atoms with E-state index >= 15 is 0 Å². The Labute approximate surface area is 65.6 Å². The Morgan fingerprint density at radius 2 is 1.45 bits per heavy atom. The van der Waals surface area contributed by atoms with Gasteiger partial charge in [-0.3, -0.25) is 0 Å². The van der Waals surface area contributed by atoms with E-state index < -0.39 is 20.2 Å². The molecule has 0 aliphatic carbocycles. The minimum absolute atomic E-state index is 0.216. The van der Waals surface area contributed by atoms with Crippen molar-refractivity contribution >= 4 is 20.2 Å². The van der Waals surface area contributed by atoms with E-state index in [2.05, 4.69) is 3.63 Å². The highest BCUT2D eigenvalue weighted by molar-refractivity contribution is 8.00. The lowest BCUT2D eigenvalue weighted by Crippen LogP contribution is -2.32. The molecule has 1 aliphatic rings. The van der Waals surface area contributed by atoms with Crippen LogP contribution in [0.2, 0.25) is 0 Å². The van der Waals surface area contributed by atoms with Gasteiger partial charge in [-0.1, -0.05) is 6.92 Å². The van der Waals surface area contributed by atoms with Crippen molar-refractivity contribution in [1.82, 2.24) is 0 Å². The van der Waals surface area contributed by atoms with Gasteiger partial charge in [0.15, 0.2) is 0 Å². The summed E-state index contributed by atoms with van der Waals surface area (Å²) in [5.41, 5.74) is 0. The molecule has 0 aromatic heterocycles. The van der Waals surface area contributed by atoms with E-state index in [-0.39, 0.29) is 17.4 Å². The molecule has 7 heteroatoms. The lowest BCUT2D eigenvalue weighted by atomic mass is 10.3. The van der Waals surface area contributed by atoms with Crippen molar-refractivity contribution in [1.29, 1.82) is 0 Å². The third-order valence-electron chi connectivity index (χ3n) is 1.18. The summed E-state index contributed by atoms with van der Waals surface area (Å²) in [4.78, 5) is 0. The van der Waals surface area contributed by atoms with Crippen molar-refractivity contribution in [3.05, 3.63) is 0 Å². The van der Waals surface area contributed by atoms with Crippen molar-refractivity contribution in [2.45, 2.75) is 6.92 Å². The molecule has 0 radical (unpaired) electrons. The SMILES string of the molecule is CC1CS(=O)(=O)OS(=O)(=O)C1. The summed E-state index contributed by atoms with van der Waals surface area (Å²) in [6.07, 6.45) is 0. The van der Waals surface area contributed by atoms with Crippen LogP contribution < -0.4 is 0 Å². The summed E-state index contributed by atoms with van der Waals surface area (Å²) in [5, 5.41) is 0. The first kappa shape index (κ1) is 8.95. The second-order valence-corrected chi connectivity index (χ2v) is 6.06. The van der Waals surface area contributed by atoms with E-state index in [1.807, 2.05) is 0 Å². The zero-order valence-corrected chi connectivity index (χ0v) is 7.48. The summed E-state index contributed by atoms with van der Waals surface area (Å²) in [6.45, 7) is 1.55. The fourth-order valence-corrected chi connectivity index (χ4v) is 4.45. The first-order valence-electron chi connectivity index (χ1n) is 2.97. The minimum atomic E-state index is -3.83. The Kier molecular flexibility index (Phi) is 1.97. The lowest BCUT2D eigenvalue weighted by molar-refractivity contribution is 0.434. The zero-order chi connectivity index (χ0) is 8.70. The molecule has 1 aliphatic heterocycles. The fourth-order valence-electron chi connectivity index (χ4n) is 0.959. The van der Waals surface area contributed by atoms with Crippen LogP contribution in [0.1, 0.15) is 6.92 Å². The van der Waals surface area contributed by atoms with Crippen LogP contribution in [0.5, 0.6) is 0 Å². The standard InChI is InChI=1S/C4H8O5S2/c1-4-2-10(5,6)9-11(7,8)3-4/h4H,2-3H2,1H3. The summed E-state index contributed by atoms with van der Waals surface area (Å²) in [6, 6.07) is 0. The number of hydrogen-bond acceptors (Lipinski definition) is 5. The van der Waals surface area contributed by atoms with E-state index in [0.717, 1.165) is 0 Å². The second kappa shape index (κ2) is 2.43. The molecule has 0 bridgehead atoms. The van der Waals surface area contributed by atoms with Gasteiger partial charge < -0.3 is 0 Å². The molecule has 1 rings (SSSR count). The van der Waals surface area contributed by atoms with Crippen molar-refractivity contribution in [3.63, 3.8) is 0 Å². The fraction of sp³-hybridized carbons (Fsp3) is 1.00.